The maximum atomic E-state index is 12.1. The molecule has 8 heteroatoms. The Morgan fingerprint density at radius 1 is 1.17 bits per heavy atom. The Labute approximate surface area is 143 Å². The SMILES string of the molecule is CCN(CC)C(=O)C[NH+](C)CC(=O)Nc1cccc(S(C)(=O)=O)c1. The summed E-state index contributed by atoms with van der Waals surface area (Å²) in [5.74, 6) is -0.269. The van der Waals surface area contributed by atoms with Crippen molar-refractivity contribution in [3.8, 4) is 0 Å². The van der Waals surface area contributed by atoms with Crippen LogP contribution in [0.3, 0.4) is 0 Å². The molecule has 1 atom stereocenters. The molecule has 0 radical (unpaired) electrons. The first-order valence-electron chi connectivity index (χ1n) is 7.86. The van der Waals surface area contributed by atoms with Crippen LogP contribution in [0.25, 0.3) is 0 Å². The van der Waals surface area contributed by atoms with Crippen molar-refractivity contribution in [3.05, 3.63) is 24.3 Å². The fourth-order valence-corrected chi connectivity index (χ4v) is 2.96. The predicted octanol–water partition coefficient (Wildman–Crippen LogP) is -0.588. The molecule has 1 rings (SSSR count). The Bertz CT molecular complexity index is 684. The monoisotopic (exact) mass is 356 g/mol. The Hall–Kier alpha value is -1.93. The van der Waals surface area contributed by atoms with Crippen LogP contribution in [0, 0.1) is 0 Å². The van der Waals surface area contributed by atoms with Crippen LogP contribution >= 0.6 is 0 Å². The largest absolute Gasteiger partial charge is 0.338 e. The number of sulfone groups is 1. The Kier molecular flexibility index (Phi) is 7.37. The van der Waals surface area contributed by atoms with E-state index in [2.05, 4.69) is 5.32 Å². The number of carbonyl (C=O) groups excluding carboxylic acids is 2. The highest BCUT2D eigenvalue weighted by Gasteiger charge is 2.18. The van der Waals surface area contributed by atoms with Gasteiger partial charge in [0, 0.05) is 25.0 Å². The lowest BCUT2D eigenvalue weighted by molar-refractivity contribution is -0.862. The summed E-state index contributed by atoms with van der Waals surface area (Å²) in [6.45, 7) is 5.48. The second-order valence-electron chi connectivity index (χ2n) is 5.72. The van der Waals surface area contributed by atoms with E-state index in [1.807, 2.05) is 13.8 Å². The van der Waals surface area contributed by atoms with Gasteiger partial charge in [0.25, 0.3) is 11.8 Å². The zero-order chi connectivity index (χ0) is 18.3. The van der Waals surface area contributed by atoms with Crippen molar-refractivity contribution in [2.75, 3.05) is 44.8 Å². The molecule has 2 amide bonds. The molecule has 1 unspecified atom stereocenters. The summed E-state index contributed by atoms with van der Waals surface area (Å²) in [6, 6.07) is 6.10. The van der Waals surface area contributed by atoms with Gasteiger partial charge in [-0.25, -0.2) is 8.42 Å². The van der Waals surface area contributed by atoms with E-state index >= 15 is 0 Å². The molecule has 134 valence electrons. The van der Waals surface area contributed by atoms with E-state index in [9.17, 15) is 18.0 Å². The van der Waals surface area contributed by atoms with Crippen molar-refractivity contribution in [3.63, 3.8) is 0 Å². The number of nitrogens with zero attached hydrogens (tertiary/aromatic N) is 1. The Morgan fingerprint density at radius 3 is 2.33 bits per heavy atom. The van der Waals surface area contributed by atoms with Gasteiger partial charge in [0.2, 0.25) is 0 Å². The smallest absolute Gasteiger partial charge is 0.279 e. The molecular weight excluding hydrogens is 330 g/mol. The molecule has 0 saturated carbocycles. The standard InChI is InChI=1S/C16H25N3O4S/c1-5-19(6-2)16(21)12-18(3)11-15(20)17-13-8-7-9-14(10-13)24(4,22)23/h7-10H,5-6,11-12H2,1-4H3,(H,17,20)/p+1. The van der Waals surface area contributed by atoms with Gasteiger partial charge in [-0.2, -0.15) is 0 Å². The molecule has 0 aliphatic heterocycles. The zero-order valence-electron chi connectivity index (χ0n) is 14.6. The first-order chi connectivity index (χ1) is 11.2. The summed E-state index contributed by atoms with van der Waals surface area (Å²) < 4.78 is 23.1. The third-order valence-electron chi connectivity index (χ3n) is 3.58. The van der Waals surface area contributed by atoms with Crippen LogP contribution in [-0.4, -0.2) is 64.6 Å². The number of likely N-dealkylation sites (N-methyl/N-ethyl adjacent to an activating group) is 2. The zero-order valence-corrected chi connectivity index (χ0v) is 15.4. The van der Waals surface area contributed by atoms with Crippen LogP contribution in [0.1, 0.15) is 13.8 Å². The second-order valence-corrected chi connectivity index (χ2v) is 7.74. The van der Waals surface area contributed by atoms with Gasteiger partial charge in [-0.15, -0.1) is 0 Å². The lowest BCUT2D eigenvalue weighted by atomic mass is 10.3. The molecule has 7 nitrogen and oxygen atoms in total. The molecule has 0 aliphatic rings. The lowest BCUT2D eigenvalue weighted by Crippen LogP contribution is -3.11. The number of quaternary nitrogens is 1. The molecule has 0 aliphatic carbocycles. The highest BCUT2D eigenvalue weighted by atomic mass is 32.2. The van der Waals surface area contributed by atoms with Gasteiger partial charge in [-0.05, 0) is 32.0 Å². The maximum Gasteiger partial charge on any atom is 0.279 e. The number of nitrogens with one attached hydrogen (secondary N) is 2. The van der Waals surface area contributed by atoms with Crippen molar-refractivity contribution in [2.45, 2.75) is 18.7 Å². The maximum absolute atomic E-state index is 12.1. The first-order valence-corrected chi connectivity index (χ1v) is 9.75. The van der Waals surface area contributed by atoms with Crippen LogP contribution in [0.4, 0.5) is 5.69 Å². The molecule has 0 heterocycles. The van der Waals surface area contributed by atoms with Gasteiger partial charge in [0.05, 0.1) is 11.9 Å². The van der Waals surface area contributed by atoms with Crippen LogP contribution in [0.2, 0.25) is 0 Å². The summed E-state index contributed by atoms with van der Waals surface area (Å²) in [5, 5.41) is 2.67. The summed E-state index contributed by atoms with van der Waals surface area (Å²) in [7, 11) is -1.55. The van der Waals surface area contributed by atoms with Crippen LogP contribution in [-0.2, 0) is 19.4 Å². The number of hydrogen-bond donors (Lipinski definition) is 2. The van der Waals surface area contributed by atoms with Gasteiger partial charge in [0.1, 0.15) is 0 Å². The third kappa shape index (κ3) is 6.29. The number of amides is 2. The number of carbonyl (C=O) groups is 2. The van der Waals surface area contributed by atoms with Gasteiger partial charge in [-0.1, -0.05) is 6.07 Å². The van der Waals surface area contributed by atoms with Crippen molar-refractivity contribution < 1.29 is 22.9 Å². The average molecular weight is 356 g/mol. The van der Waals surface area contributed by atoms with E-state index in [0.29, 0.717) is 18.8 Å². The van der Waals surface area contributed by atoms with Gasteiger partial charge < -0.3 is 15.1 Å². The molecule has 2 N–H and O–H groups in total. The molecule has 24 heavy (non-hydrogen) atoms. The van der Waals surface area contributed by atoms with Crippen molar-refractivity contribution in [1.29, 1.82) is 0 Å². The number of anilines is 1. The molecule has 0 fully saturated rings. The third-order valence-corrected chi connectivity index (χ3v) is 4.69. The van der Waals surface area contributed by atoms with Gasteiger partial charge >= 0.3 is 0 Å². The predicted molar refractivity (Wildman–Crippen MR) is 92.7 cm³/mol. The van der Waals surface area contributed by atoms with Gasteiger partial charge in [-0.3, -0.25) is 9.59 Å². The van der Waals surface area contributed by atoms with Crippen LogP contribution in [0.15, 0.2) is 29.2 Å². The van der Waals surface area contributed by atoms with Crippen molar-refractivity contribution >= 4 is 27.3 Å². The highest BCUT2D eigenvalue weighted by Crippen LogP contribution is 2.14. The minimum absolute atomic E-state index is 0.00405. The fraction of sp³-hybridized carbons (Fsp3) is 0.500. The van der Waals surface area contributed by atoms with E-state index in [0.717, 1.165) is 11.2 Å². The molecule has 0 aromatic heterocycles. The second kappa shape index (κ2) is 8.79. The minimum atomic E-state index is -3.32. The molecule has 0 saturated heterocycles. The van der Waals surface area contributed by atoms with Crippen molar-refractivity contribution in [1.82, 2.24) is 4.90 Å². The quantitative estimate of drug-likeness (QED) is 0.652. The average Bonchev–Trinajstić information content (AvgIpc) is 2.47. The number of benzene rings is 1. The van der Waals surface area contributed by atoms with E-state index in [1.54, 1.807) is 24.1 Å². The van der Waals surface area contributed by atoms with Crippen LogP contribution in [0.5, 0.6) is 0 Å². The van der Waals surface area contributed by atoms with Crippen LogP contribution < -0.4 is 10.2 Å². The topological polar surface area (TPSA) is 88.0 Å². The Balaban J connectivity index is 2.62. The molecular formula is C16H26N3O4S+. The van der Waals surface area contributed by atoms with E-state index < -0.39 is 9.84 Å². The molecule has 1 aromatic rings. The fourth-order valence-electron chi connectivity index (χ4n) is 2.29. The van der Waals surface area contributed by atoms with E-state index in [1.165, 1.54) is 12.1 Å². The van der Waals surface area contributed by atoms with Crippen molar-refractivity contribution in [2.24, 2.45) is 0 Å². The van der Waals surface area contributed by atoms with Gasteiger partial charge in [0.15, 0.2) is 22.9 Å². The highest BCUT2D eigenvalue weighted by molar-refractivity contribution is 7.90. The Morgan fingerprint density at radius 2 is 1.79 bits per heavy atom. The summed E-state index contributed by atoms with van der Waals surface area (Å²) in [6.07, 6.45) is 1.12. The molecule has 1 aromatic carbocycles. The summed E-state index contributed by atoms with van der Waals surface area (Å²) in [4.78, 5) is 26.7. The normalized spacial score (nSPS) is 12.5. The molecule has 0 spiro atoms. The van der Waals surface area contributed by atoms with E-state index in [-0.39, 0.29) is 29.8 Å². The summed E-state index contributed by atoms with van der Waals surface area (Å²) in [5.41, 5.74) is 0.422. The lowest BCUT2D eigenvalue weighted by Gasteiger charge is -2.20. The number of hydrogen-bond acceptors (Lipinski definition) is 4. The molecule has 0 bridgehead atoms. The summed E-state index contributed by atoms with van der Waals surface area (Å²) >= 11 is 0. The number of rotatable bonds is 8. The van der Waals surface area contributed by atoms with E-state index in [4.69, 9.17) is 0 Å². The first kappa shape index (κ1) is 20.1. The minimum Gasteiger partial charge on any atom is -0.338 e.